The molecule has 0 saturated carbocycles. The van der Waals surface area contributed by atoms with Gasteiger partial charge in [-0.15, -0.1) is 0 Å². The van der Waals surface area contributed by atoms with Crippen molar-refractivity contribution >= 4 is 11.8 Å². The third-order valence-corrected chi connectivity index (χ3v) is 3.22. The van der Waals surface area contributed by atoms with Crippen LogP contribution in [0.25, 0.3) is 0 Å². The van der Waals surface area contributed by atoms with E-state index >= 15 is 0 Å². The first-order valence-corrected chi connectivity index (χ1v) is 3.97. The molecule has 1 heterocycles. The van der Waals surface area contributed by atoms with E-state index in [1.165, 1.54) is 12.2 Å². The molecule has 0 spiro atoms. The van der Waals surface area contributed by atoms with Crippen molar-refractivity contribution in [1.29, 1.82) is 0 Å². The van der Waals surface area contributed by atoms with Gasteiger partial charge in [-0.3, -0.25) is 0 Å². The smallest absolute Gasteiger partial charge is 0.00446 e. The van der Waals surface area contributed by atoms with Crippen molar-refractivity contribution in [2.24, 2.45) is 5.92 Å². The quantitative estimate of drug-likeness (QED) is 0.467. The van der Waals surface area contributed by atoms with E-state index in [0.717, 1.165) is 11.2 Å². The fraction of sp³-hybridized carbons (Fsp3) is 1.00. The lowest BCUT2D eigenvalue weighted by Gasteiger charge is -2.04. The number of rotatable bonds is 0. The van der Waals surface area contributed by atoms with Crippen LogP contribution in [0.2, 0.25) is 0 Å². The van der Waals surface area contributed by atoms with Crippen LogP contribution < -0.4 is 0 Å². The molecular weight excluding hydrogens is 104 g/mol. The highest BCUT2D eigenvalue weighted by molar-refractivity contribution is 8.00. The van der Waals surface area contributed by atoms with Crippen LogP contribution in [0.1, 0.15) is 20.3 Å². The van der Waals surface area contributed by atoms with Gasteiger partial charge < -0.3 is 0 Å². The van der Waals surface area contributed by atoms with Gasteiger partial charge in [0.25, 0.3) is 0 Å². The van der Waals surface area contributed by atoms with Crippen molar-refractivity contribution in [2.75, 3.05) is 5.75 Å². The van der Waals surface area contributed by atoms with Crippen LogP contribution in [0.15, 0.2) is 0 Å². The third-order valence-electron chi connectivity index (χ3n) is 1.76. The van der Waals surface area contributed by atoms with Crippen molar-refractivity contribution in [3.63, 3.8) is 0 Å². The Hall–Kier alpha value is 0.350. The Labute approximate surface area is 49.7 Å². The van der Waals surface area contributed by atoms with Gasteiger partial charge in [-0.05, 0) is 18.1 Å². The van der Waals surface area contributed by atoms with Crippen LogP contribution in [-0.2, 0) is 0 Å². The van der Waals surface area contributed by atoms with E-state index < -0.39 is 0 Å². The second-order valence-corrected chi connectivity index (χ2v) is 3.83. The molecule has 0 aromatic carbocycles. The van der Waals surface area contributed by atoms with Crippen LogP contribution in [0.3, 0.4) is 0 Å². The Balaban J connectivity index is 2.33. The fourth-order valence-corrected chi connectivity index (χ4v) is 2.18. The minimum Gasteiger partial charge on any atom is -0.159 e. The first-order valence-electron chi connectivity index (χ1n) is 2.92. The molecule has 0 aliphatic carbocycles. The van der Waals surface area contributed by atoms with Gasteiger partial charge in [0.2, 0.25) is 0 Å². The zero-order chi connectivity index (χ0) is 5.28. The van der Waals surface area contributed by atoms with Gasteiger partial charge >= 0.3 is 0 Å². The van der Waals surface area contributed by atoms with Crippen molar-refractivity contribution in [1.82, 2.24) is 0 Å². The Morgan fingerprint density at radius 1 is 1.43 bits per heavy atom. The molecule has 1 aliphatic heterocycles. The lowest BCUT2D eigenvalue weighted by Crippen LogP contribution is -2.00. The highest BCUT2D eigenvalue weighted by Gasteiger charge is 2.18. The van der Waals surface area contributed by atoms with Crippen LogP contribution >= 0.6 is 11.8 Å². The summed E-state index contributed by atoms with van der Waals surface area (Å²) >= 11 is 2.11. The molecule has 0 aromatic heterocycles. The molecule has 1 rings (SSSR count). The average molecular weight is 116 g/mol. The molecule has 1 fully saturated rings. The molecule has 1 unspecified atom stereocenters. The zero-order valence-corrected chi connectivity index (χ0v) is 5.79. The van der Waals surface area contributed by atoms with Crippen molar-refractivity contribution in [3.05, 3.63) is 0 Å². The maximum Gasteiger partial charge on any atom is 0.00446 e. The zero-order valence-electron chi connectivity index (χ0n) is 4.98. The van der Waals surface area contributed by atoms with E-state index in [0.29, 0.717) is 0 Å². The summed E-state index contributed by atoms with van der Waals surface area (Å²) < 4.78 is 0. The van der Waals surface area contributed by atoms with Crippen LogP contribution in [0.4, 0.5) is 0 Å². The summed E-state index contributed by atoms with van der Waals surface area (Å²) in [4.78, 5) is 0. The van der Waals surface area contributed by atoms with Gasteiger partial charge in [0.15, 0.2) is 0 Å². The van der Waals surface area contributed by atoms with Crippen LogP contribution in [0, 0.1) is 5.92 Å². The average Bonchev–Trinajstić information content (AvgIpc) is 1.91. The van der Waals surface area contributed by atoms with Gasteiger partial charge in [0.05, 0.1) is 0 Å². The topological polar surface area (TPSA) is 0 Å². The van der Waals surface area contributed by atoms with E-state index in [1.807, 2.05) is 0 Å². The van der Waals surface area contributed by atoms with Crippen molar-refractivity contribution < 1.29 is 0 Å². The molecule has 2 atom stereocenters. The van der Waals surface area contributed by atoms with Gasteiger partial charge in [-0.25, -0.2) is 0 Å². The van der Waals surface area contributed by atoms with E-state index in [4.69, 9.17) is 0 Å². The van der Waals surface area contributed by atoms with Crippen molar-refractivity contribution in [3.8, 4) is 0 Å². The van der Waals surface area contributed by atoms with Gasteiger partial charge in [-0.1, -0.05) is 13.8 Å². The standard InChI is InChI=1S/C6H12S/c1-5-3-4-7-6(5)2/h5-6H,3-4H2,1-2H3/t5?,6-/m1/s1. The van der Waals surface area contributed by atoms with E-state index in [-0.39, 0.29) is 0 Å². The van der Waals surface area contributed by atoms with Crippen LogP contribution in [0.5, 0.6) is 0 Å². The third kappa shape index (κ3) is 1.12. The summed E-state index contributed by atoms with van der Waals surface area (Å²) in [6.45, 7) is 4.66. The Morgan fingerprint density at radius 2 is 2.14 bits per heavy atom. The lowest BCUT2D eigenvalue weighted by atomic mass is 10.1. The highest BCUT2D eigenvalue weighted by Crippen LogP contribution is 2.30. The number of hydrogen-bond acceptors (Lipinski definition) is 1. The van der Waals surface area contributed by atoms with Gasteiger partial charge in [-0.2, -0.15) is 11.8 Å². The van der Waals surface area contributed by atoms with Crippen molar-refractivity contribution in [2.45, 2.75) is 25.5 Å². The summed E-state index contributed by atoms with van der Waals surface area (Å²) in [7, 11) is 0. The molecule has 0 radical (unpaired) electrons. The lowest BCUT2D eigenvalue weighted by molar-refractivity contribution is 0.590. The summed E-state index contributed by atoms with van der Waals surface area (Å²) in [5.41, 5.74) is 0. The normalized spacial score (nSPS) is 42.0. The summed E-state index contributed by atoms with van der Waals surface area (Å²) in [5.74, 6) is 2.37. The second-order valence-electron chi connectivity index (χ2n) is 2.34. The minimum absolute atomic E-state index is 0.931. The maximum absolute atomic E-state index is 2.34. The fourth-order valence-electron chi connectivity index (χ4n) is 0.839. The molecule has 0 bridgehead atoms. The summed E-state index contributed by atoms with van der Waals surface area (Å²) in [6.07, 6.45) is 1.44. The Morgan fingerprint density at radius 3 is 2.29 bits per heavy atom. The second kappa shape index (κ2) is 2.08. The first kappa shape index (κ1) is 5.49. The molecule has 1 heteroatoms. The number of thioether (sulfide) groups is 1. The van der Waals surface area contributed by atoms with E-state index in [2.05, 4.69) is 25.6 Å². The van der Waals surface area contributed by atoms with E-state index in [1.54, 1.807) is 0 Å². The molecule has 0 nitrogen and oxygen atoms in total. The molecule has 0 amide bonds. The van der Waals surface area contributed by atoms with Gasteiger partial charge in [0.1, 0.15) is 0 Å². The van der Waals surface area contributed by atoms with Gasteiger partial charge in [0, 0.05) is 5.25 Å². The van der Waals surface area contributed by atoms with E-state index in [9.17, 15) is 0 Å². The first-order chi connectivity index (χ1) is 3.30. The molecule has 1 saturated heterocycles. The predicted molar refractivity (Wildman–Crippen MR) is 35.7 cm³/mol. The molecule has 1 aliphatic rings. The monoisotopic (exact) mass is 116 g/mol. The largest absolute Gasteiger partial charge is 0.159 e. The Kier molecular flexibility index (Phi) is 1.63. The molecule has 0 N–H and O–H groups in total. The molecule has 0 aromatic rings. The minimum atomic E-state index is 0.931. The SMILES string of the molecule is CC1CCS[C@@H]1C. The molecule has 7 heavy (non-hydrogen) atoms. The summed E-state index contributed by atoms with van der Waals surface area (Å²) in [5, 5.41) is 0.931. The van der Waals surface area contributed by atoms with Crippen LogP contribution in [-0.4, -0.2) is 11.0 Å². The predicted octanol–water partition coefficient (Wildman–Crippen LogP) is 2.15. The molecule has 42 valence electrons. The molecular formula is C6H12S. The summed E-state index contributed by atoms with van der Waals surface area (Å²) in [6, 6.07) is 0. The number of hydrogen-bond donors (Lipinski definition) is 0. The highest BCUT2D eigenvalue weighted by atomic mass is 32.2. The Bertz CT molecular complexity index is 53.2. The maximum atomic E-state index is 2.34.